The smallest absolute Gasteiger partial charge is 0.0992 e. The van der Waals surface area contributed by atoms with Crippen LogP contribution in [-0.4, -0.2) is 18.6 Å². The minimum absolute atomic E-state index is 0.685. The lowest BCUT2D eigenvalue weighted by Crippen LogP contribution is -2.02. The molecule has 0 heterocycles. The molecule has 1 aromatic rings. The Morgan fingerprint density at radius 2 is 2.06 bits per heavy atom. The number of halogens is 1. The minimum Gasteiger partial charge on any atom is -0.384 e. The second-order valence-corrected chi connectivity index (χ2v) is 5.98. The second-order valence-electron chi connectivity index (χ2n) is 4.14. The summed E-state index contributed by atoms with van der Waals surface area (Å²) in [5.41, 5.74) is 1.75. The molecule has 98 valence electrons. The minimum atomic E-state index is 0.685. The first kappa shape index (κ1) is 15.4. The van der Waals surface area contributed by atoms with Gasteiger partial charge in [-0.25, -0.2) is 0 Å². The number of hydrogen-bond acceptors (Lipinski definition) is 3. The number of benzene rings is 1. The lowest BCUT2D eigenvalue weighted by molar-refractivity contribution is 0.689. The maximum Gasteiger partial charge on any atom is 0.0992 e. The van der Waals surface area contributed by atoms with Crippen molar-refractivity contribution in [3.63, 3.8) is 0 Å². The summed E-state index contributed by atoms with van der Waals surface area (Å²) in [6.07, 6.45) is 7.27. The Morgan fingerprint density at radius 1 is 1.28 bits per heavy atom. The fourth-order valence-corrected chi connectivity index (χ4v) is 2.69. The van der Waals surface area contributed by atoms with Crippen molar-refractivity contribution in [2.75, 3.05) is 23.9 Å². The second kappa shape index (κ2) is 9.29. The summed E-state index contributed by atoms with van der Waals surface area (Å²) < 4.78 is 0.962. The van der Waals surface area contributed by atoms with Gasteiger partial charge in [-0.1, -0.05) is 12.8 Å². The average Bonchev–Trinajstić information content (AvgIpc) is 2.39. The molecule has 0 atom stereocenters. The maximum atomic E-state index is 8.78. The average molecular weight is 327 g/mol. The van der Waals surface area contributed by atoms with Crippen molar-refractivity contribution in [1.82, 2.24) is 0 Å². The summed E-state index contributed by atoms with van der Waals surface area (Å²) in [6, 6.07) is 7.77. The van der Waals surface area contributed by atoms with Crippen LogP contribution in [0.2, 0.25) is 0 Å². The number of thioether (sulfide) groups is 1. The van der Waals surface area contributed by atoms with E-state index in [1.807, 2.05) is 30.0 Å². The quantitative estimate of drug-likeness (QED) is 0.706. The predicted octanol–water partition coefficient (Wildman–Crippen LogP) is 4.66. The number of unbranched alkanes of at least 4 members (excludes halogenated alkanes) is 3. The molecule has 0 saturated heterocycles. The first-order valence-electron chi connectivity index (χ1n) is 6.20. The molecule has 0 aromatic heterocycles. The molecule has 1 N–H and O–H groups in total. The summed E-state index contributed by atoms with van der Waals surface area (Å²) in [6.45, 7) is 0.990. The van der Waals surface area contributed by atoms with Gasteiger partial charge in [0.25, 0.3) is 0 Å². The fourth-order valence-electron chi connectivity index (χ4n) is 1.68. The molecule has 0 bridgehead atoms. The lowest BCUT2D eigenvalue weighted by Gasteiger charge is -2.08. The largest absolute Gasteiger partial charge is 0.384 e. The normalized spacial score (nSPS) is 10.1. The molecule has 4 heteroatoms. The van der Waals surface area contributed by atoms with Crippen LogP contribution in [-0.2, 0) is 0 Å². The van der Waals surface area contributed by atoms with Crippen molar-refractivity contribution in [3.05, 3.63) is 28.2 Å². The van der Waals surface area contributed by atoms with Gasteiger partial charge in [-0.15, -0.1) is 0 Å². The molecule has 0 aliphatic heterocycles. The summed E-state index contributed by atoms with van der Waals surface area (Å²) >= 11 is 5.39. The third-order valence-electron chi connectivity index (χ3n) is 2.69. The molecule has 1 aromatic carbocycles. The van der Waals surface area contributed by atoms with E-state index in [1.165, 1.54) is 31.4 Å². The molecule has 18 heavy (non-hydrogen) atoms. The van der Waals surface area contributed by atoms with E-state index >= 15 is 0 Å². The third-order valence-corrected chi connectivity index (χ3v) is 4.04. The topological polar surface area (TPSA) is 35.8 Å². The van der Waals surface area contributed by atoms with Crippen LogP contribution in [0.1, 0.15) is 31.2 Å². The van der Waals surface area contributed by atoms with Crippen LogP contribution in [0.3, 0.4) is 0 Å². The van der Waals surface area contributed by atoms with Crippen LogP contribution in [0.5, 0.6) is 0 Å². The maximum absolute atomic E-state index is 8.78. The van der Waals surface area contributed by atoms with Gasteiger partial charge in [0.1, 0.15) is 0 Å². The Hall–Kier alpha value is -0.660. The number of anilines is 1. The van der Waals surface area contributed by atoms with Gasteiger partial charge in [-0.05, 0) is 59.0 Å². The van der Waals surface area contributed by atoms with Crippen molar-refractivity contribution >= 4 is 33.4 Å². The van der Waals surface area contributed by atoms with Crippen molar-refractivity contribution < 1.29 is 0 Å². The molecule has 0 aliphatic carbocycles. The highest BCUT2D eigenvalue weighted by Gasteiger charge is 2.00. The zero-order valence-electron chi connectivity index (χ0n) is 10.7. The van der Waals surface area contributed by atoms with E-state index in [4.69, 9.17) is 5.26 Å². The van der Waals surface area contributed by atoms with E-state index in [9.17, 15) is 0 Å². The fraction of sp³-hybridized carbons (Fsp3) is 0.500. The van der Waals surface area contributed by atoms with Crippen LogP contribution in [0, 0.1) is 11.3 Å². The van der Waals surface area contributed by atoms with Crippen LogP contribution in [0.15, 0.2) is 22.7 Å². The number of nitrogens with one attached hydrogen (secondary N) is 1. The van der Waals surface area contributed by atoms with Gasteiger partial charge in [0.15, 0.2) is 0 Å². The first-order valence-corrected chi connectivity index (χ1v) is 8.39. The number of nitriles is 1. The summed E-state index contributed by atoms with van der Waals surface area (Å²) in [5.74, 6) is 1.27. The zero-order chi connectivity index (χ0) is 13.2. The molecule has 0 fully saturated rings. The highest BCUT2D eigenvalue weighted by Crippen LogP contribution is 2.23. The van der Waals surface area contributed by atoms with Gasteiger partial charge in [0, 0.05) is 16.7 Å². The molecule has 0 unspecified atom stereocenters. The number of rotatable bonds is 8. The van der Waals surface area contributed by atoms with E-state index in [1.54, 1.807) is 0 Å². The van der Waals surface area contributed by atoms with Crippen molar-refractivity contribution in [1.29, 1.82) is 5.26 Å². The molecule has 0 saturated carbocycles. The van der Waals surface area contributed by atoms with E-state index in [0.29, 0.717) is 5.56 Å². The monoisotopic (exact) mass is 326 g/mol. The predicted molar refractivity (Wildman–Crippen MR) is 84.2 cm³/mol. The summed E-state index contributed by atoms with van der Waals surface area (Å²) in [4.78, 5) is 0. The molecular formula is C14H19BrN2S. The molecule has 2 nitrogen and oxygen atoms in total. The summed E-state index contributed by atoms with van der Waals surface area (Å²) in [7, 11) is 0. The standard InChI is InChI=1S/C14H19BrN2S/c1-18-9-5-3-2-4-8-17-14-7-6-12(11-16)10-13(14)15/h6-7,10,17H,2-5,8-9H2,1H3. The third kappa shape index (κ3) is 5.79. The van der Waals surface area contributed by atoms with Gasteiger partial charge in [-0.2, -0.15) is 17.0 Å². The van der Waals surface area contributed by atoms with Crippen molar-refractivity contribution in [2.45, 2.75) is 25.7 Å². The molecule has 0 radical (unpaired) electrons. The molecule has 0 spiro atoms. The highest BCUT2D eigenvalue weighted by atomic mass is 79.9. The van der Waals surface area contributed by atoms with Gasteiger partial charge >= 0.3 is 0 Å². The molecule has 1 rings (SSSR count). The van der Waals surface area contributed by atoms with Gasteiger partial charge < -0.3 is 5.32 Å². The first-order chi connectivity index (χ1) is 8.77. The number of nitrogens with zero attached hydrogens (tertiary/aromatic N) is 1. The van der Waals surface area contributed by atoms with Crippen LogP contribution in [0.25, 0.3) is 0 Å². The molecule has 0 amide bonds. The van der Waals surface area contributed by atoms with E-state index < -0.39 is 0 Å². The highest BCUT2D eigenvalue weighted by molar-refractivity contribution is 9.10. The van der Waals surface area contributed by atoms with Gasteiger partial charge in [0.05, 0.1) is 11.6 Å². The van der Waals surface area contributed by atoms with E-state index in [0.717, 1.165) is 16.7 Å². The Morgan fingerprint density at radius 3 is 2.72 bits per heavy atom. The Balaban J connectivity index is 2.21. The van der Waals surface area contributed by atoms with E-state index in [-0.39, 0.29) is 0 Å². The molecule has 0 aliphatic rings. The zero-order valence-corrected chi connectivity index (χ0v) is 13.1. The Kier molecular flexibility index (Phi) is 7.95. The molecular weight excluding hydrogens is 308 g/mol. The van der Waals surface area contributed by atoms with E-state index in [2.05, 4.69) is 33.6 Å². The SMILES string of the molecule is CSCCCCCCNc1ccc(C#N)cc1Br. The van der Waals surface area contributed by atoms with Crippen LogP contribution >= 0.6 is 27.7 Å². The Labute approximate surface area is 122 Å². The van der Waals surface area contributed by atoms with Gasteiger partial charge in [0.2, 0.25) is 0 Å². The van der Waals surface area contributed by atoms with Crippen molar-refractivity contribution in [3.8, 4) is 6.07 Å². The summed E-state index contributed by atoms with van der Waals surface area (Å²) in [5, 5.41) is 12.2. The van der Waals surface area contributed by atoms with Crippen LogP contribution in [0.4, 0.5) is 5.69 Å². The Bertz CT molecular complexity index is 401. The van der Waals surface area contributed by atoms with Crippen molar-refractivity contribution in [2.24, 2.45) is 0 Å². The van der Waals surface area contributed by atoms with Gasteiger partial charge in [-0.3, -0.25) is 0 Å². The lowest BCUT2D eigenvalue weighted by atomic mass is 10.2. The number of hydrogen-bond donors (Lipinski definition) is 1. The van der Waals surface area contributed by atoms with Crippen LogP contribution < -0.4 is 5.32 Å².